The average molecular weight is 430 g/mol. The fourth-order valence-electron chi connectivity index (χ4n) is 4.55. The second-order valence-corrected chi connectivity index (χ2v) is 8.31. The Balaban J connectivity index is 1.71. The predicted octanol–water partition coefficient (Wildman–Crippen LogP) is 3.13. The molecule has 3 aliphatic rings. The lowest BCUT2D eigenvalue weighted by Crippen LogP contribution is -2.56. The Bertz CT molecular complexity index is 834. The average Bonchev–Trinajstić information content (AvgIpc) is 3.25. The minimum Gasteiger partial charge on any atom is -0.357 e. The smallest absolute Gasteiger partial charge is 0.162 e. The molecular weight excluding hydrogens is 406 g/mol. The van der Waals surface area contributed by atoms with Crippen molar-refractivity contribution in [2.75, 3.05) is 31.3 Å². The van der Waals surface area contributed by atoms with Crippen LogP contribution >= 0.6 is 16.1 Å². The number of anilines is 1. The SMILES string of the molecule is CCCc1ccc2c(c1)N1CN(Br)NC1(c1ccccn1)CN1CCOC21. The van der Waals surface area contributed by atoms with Gasteiger partial charge in [0.25, 0.3) is 0 Å². The molecule has 0 radical (unpaired) electrons. The first kappa shape index (κ1) is 17.6. The van der Waals surface area contributed by atoms with Gasteiger partial charge in [0.15, 0.2) is 5.66 Å². The van der Waals surface area contributed by atoms with Gasteiger partial charge in [-0.3, -0.25) is 9.88 Å². The van der Waals surface area contributed by atoms with Gasteiger partial charge in [-0.2, -0.15) is 4.03 Å². The number of ether oxygens (including phenoxy) is 1. The maximum absolute atomic E-state index is 6.16. The van der Waals surface area contributed by atoms with Crippen molar-refractivity contribution in [3.05, 3.63) is 59.4 Å². The summed E-state index contributed by atoms with van der Waals surface area (Å²) >= 11 is 3.66. The van der Waals surface area contributed by atoms with Crippen LogP contribution in [0.2, 0.25) is 0 Å². The van der Waals surface area contributed by atoms with Crippen molar-refractivity contribution < 1.29 is 4.74 Å². The van der Waals surface area contributed by atoms with Gasteiger partial charge in [0.2, 0.25) is 0 Å². The van der Waals surface area contributed by atoms with Crippen LogP contribution in [0.1, 0.15) is 36.4 Å². The molecule has 0 saturated carbocycles. The van der Waals surface area contributed by atoms with Gasteiger partial charge < -0.3 is 9.64 Å². The van der Waals surface area contributed by atoms with Crippen LogP contribution in [0.4, 0.5) is 5.69 Å². The Morgan fingerprint density at radius 2 is 2.26 bits per heavy atom. The van der Waals surface area contributed by atoms with Gasteiger partial charge in [-0.15, -0.1) is 0 Å². The summed E-state index contributed by atoms with van der Waals surface area (Å²) in [4.78, 5) is 9.59. The second-order valence-electron chi connectivity index (χ2n) is 7.46. The Morgan fingerprint density at radius 1 is 1.33 bits per heavy atom. The number of benzene rings is 1. The van der Waals surface area contributed by atoms with Crippen molar-refractivity contribution in [3.63, 3.8) is 0 Å². The molecule has 2 fully saturated rings. The van der Waals surface area contributed by atoms with Crippen molar-refractivity contribution in [2.45, 2.75) is 31.7 Å². The zero-order valence-electron chi connectivity index (χ0n) is 15.4. The molecule has 1 N–H and O–H groups in total. The lowest BCUT2D eigenvalue weighted by Gasteiger charge is -2.38. The Hall–Kier alpha value is -1.51. The first-order valence-corrected chi connectivity index (χ1v) is 10.3. The van der Waals surface area contributed by atoms with Crippen LogP contribution in [-0.4, -0.2) is 40.3 Å². The molecule has 4 heterocycles. The lowest BCUT2D eigenvalue weighted by molar-refractivity contribution is 0.0224. The largest absolute Gasteiger partial charge is 0.357 e. The van der Waals surface area contributed by atoms with E-state index < -0.39 is 5.66 Å². The van der Waals surface area contributed by atoms with Gasteiger partial charge >= 0.3 is 0 Å². The minimum atomic E-state index is -0.438. The van der Waals surface area contributed by atoms with E-state index in [9.17, 15) is 0 Å². The maximum atomic E-state index is 6.16. The number of nitrogens with zero attached hydrogens (tertiary/aromatic N) is 4. The summed E-state index contributed by atoms with van der Waals surface area (Å²) in [5.74, 6) is 0. The highest BCUT2D eigenvalue weighted by atomic mass is 79.9. The van der Waals surface area contributed by atoms with Gasteiger partial charge in [-0.05, 0) is 30.2 Å². The maximum Gasteiger partial charge on any atom is 0.162 e. The third-order valence-electron chi connectivity index (χ3n) is 5.73. The van der Waals surface area contributed by atoms with Crippen molar-refractivity contribution in [2.24, 2.45) is 0 Å². The van der Waals surface area contributed by atoms with Crippen molar-refractivity contribution in [3.8, 4) is 0 Å². The summed E-state index contributed by atoms with van der Waals surface area (Å²) in [5.41, 5.74) is 8.07. The summed E-state index contributed by atoms with van der Waals surface area (Å²) in [6, 6.07) is 13.0. The van der Waals surface area contributed by atoms with Crippen molar-refractivity contribution >= 4 is 21.8 Å². The molecule has 2 aromatic rings. The summed E-state index contributed by atoms with van der Waals surface area (Å²) < 4.78 is 8.14. The number of pyridine rings is 1. The minimum absolute atomic E-state index is 0.00689. The fourth-order valence-corrected chi connectivity index (χ4v) is 5.07. The van der Waals surface area contributed by atoms with Crippen LogP contribution < -0.4 is 10.3 Å². The number of aryl methyl sites for hydroxylation is 1. The first-order chi connectivity index (χ1) is 13.2. The van der Waals surface area contributed by atoms with Gasteiger partial charge in [-0.1, -0.05) is 31.5 Å². The van der Waals surface area contributed by atoms with Crippen molar-refractivity contribution in [1.29, 1.82) is 0 Å². The van der Waals surface area contributed by atoms with E-state index in [1.807, 2.05) is 16.3 Å². The molecular formula is C20H24BrN5O. The highest BCUT2D eigenvalue weighted by Crippen LogP contribution is 2.46. The quantitative estimate of drug-likeness (QED) is 0.756. The molecule has 6 nitrogen and oxygen atoms in total. The van der Waals surface area contributed by atoms with Crippen LogP contribution in [0.15, 0.2) is 42.6 Å². The molecule has 3 aliphatic heterocycles. The summed E-state index contributed by atoms with van der Waals surface area (Å²) in [7, 11) is 0. The van der Waals surface area contributed by atoms with E-state index >= 15 is 0 Å². The Kier molecular flexibility index (Phi) is 4.44. The number of nitrogens with one attached hydrogen (secondary N) is 1. The third-order valence-corrected chi connectivity index (χ3v) is 6.13. The third kappa shape index (κ3) is 2.80. The Labute approximate surface area is 168 Å². The number of aromatic nitrogens is 1. The molecule has 2 unspecified atom stereocenters. The first-order valence-electron chi connectivity index (χ1n) is 9.60. The predicted molar refractivity (Wildman–Crippen MR) is 108 cm³/mol. The van der Waals surface area contributed by atoms with Gasteiger partial charge in [0.1, 0.15) is 6.23 Å². The number of hydrazine groups is 1. The molecule has 5 rings (SSSR count). The van der Waals surface area contributed by atoms with E-state index in [0.717, 1.165) is 44.9 Å². The molecule has 27 heavy (non-hydrogen) atoms. The summed E-state index contributed by atoms with van der Waals surface area (Å²) in [6.07, 6.45) is 4.10. The molecule has 142 valence electrons. The topological polar surface area (TPSA) is 43.9 Å². The lowest BCUT2D eigenvalue weighted by atomic mass is 10.0. The summed E-state index contributed by atoms with van der Waals surface area (Å²) in [5, 5.41) is 0. The van der Waals surface area contributed by atoms with E-state index in [1.165, 1.54) is 16.8 Å². The zero-order valence-corrected chi connectivity index (χ0v) is 17.0. The second kappa shape index (κ2) is 6.83. The molecule has 2 saturated heterocycles. The van der Waals surface area contributed by atoms with Gasteiger partial charge in [-0.25, -0.2) is 5.43 Å². The van der Waals surface area contributed by atoms with E-state index in [2.05, 4.69) is 68.6 Å². The van der Waals surface area contributed by atoms with Crippen LogP contribution in [0.25, 0.3) is 0 Å². The van der Waals surface area contributed by atoms with E-state index in [-0.39, 0.29) is 6.23 Å². The molecule has 1 aromatic carbocycles. The molecule has 0 spiro atoms. The van der Waals surface area contributed by atoms with Crippen LogP contribution in [0.3, 0.4) is 0 Å². The van der Waals surface area contributed by atoms with Gasteiger partial charge in [0.05, 0.1) is 19.0 Å². The normalized spacial score (nSPS) is 27.9. The monoisotopic (exact) mass is 429 g/mol. The zero-order chi connectivity index (χ0) is 18.4. The number of rotatable bonds is 3. The highest BCUT2D eigenvalue weighted by molar-refractivity contribution is 9.07. The van der Waals surface area contributed by atoms with E-state index in [1.54, 1.807) is 0 Å². The van der Waals surface area contributed by atoms with Crippen LogP contribution in [0, 0.1) is 0 Å². The molecule has 0 aliphatic carbocycles. The standard InChI is InChI=1S/C20H24BrN5O/c1-2-5-15-7-8-16-17(12-15)25-14-26(21)23-20(25,18-6-3-4-9-22-18)13-24-10-11-27-19(16)24/h3-4,6-9,12,19,23H,2,5,10-11,13-14H2,1H3. The Morgan fingerprint density at radius 3 is 3.07 bits per heavy atom. The number of hydrogen-bond acceptors (Lipinski definition) is 6. The van der Waals surface area contributed by atoms with E-state index in [0.29, 0.717) is 0 Å². The molecule has 7 heteroatoms. The molecule has 0 bridgehead atoms. The van der Waals surface area contributed by atoms with E-state index in [4.69, 9.17) is 9.72 Å². The van der Waals surface area contributed by atoms with Gasteiger partial charge in [0, 0.05) is 46.7 Å². The highest BCUT2D eigenvalue weighted by Gasteiger charge is 2.52. The molecule has 0 amide bonds. The number of halogens is 1. The van der Waals surface area contributed by atoms with Crippen LogP contribution in [0.5, 0.6) is 0 Å². The molecule has 2 atom stereocenters. The summed E-state index contributed by atoms with van der Waals surface area (Å²) in [6.45, 7) is 5.43. The fraction of sp³-hybridized carbons (Fsp3) is 0.450. The number of fused-ring (bicyclic) bond motifs is 5. The molecule has 1 aromatic heterocycles. The van der Waals surface area contributed by atoms with Crippen molar-refractivity contribution in [1.82, 2.24) is 19.3 Å². The number of hydrogen-bond donors (Lipinski definition) is 1. The van der Waals surface area contributed by atoms with Crippen LogP contribution in [-0.2, 0) is 16.8 Å².